The van der Waals surface area contributed by atoms with Gasteiger partial charge in [0.05, 0.1) is 23.3 Å². The fraction of sp³-hybridized carbons (Fsp3) is 0.267. The predicted octanol–water partition coefficient (Wildman–Crippen LogP) is 3.44. The zero-order valence-electron chi connectivity index (χ0n) is 11.7. The number of benzene rings is 1. The number of anilines is 1. The highest BCUT2D eigenvalue weighted by molar-refractivity contribution is 9.10. The van der Waals surface area contributed by atoms with E-state index < -0.39 is 0 Å². The molecule has 0 saturated carbocycles. The van der Waals surface area contributed by atoms with Gasteiger partial charge in [0.15, 0.2) is 0 Å². The van der Waals surface area contributed by atoms with Crippen LogP contribution >= 0.6 is 15.9 Å². The van der Waals surface area contributed by atoms with Crippen LogP contribution in [0.1, 0.15) is 19.0 Å². The summed E-state index contributed by atoms with van der Waals surface area (Å²) in [6.07, 6.45) is 3.21. The van der Waals surface area contributed by atoms with Crippen molar-refractivity contribution in [3.63, 3.8) is 0 Å². The molecule has 0 aliphatic carbocycles. The average Bonchev–Trinajstić information content (AvgIpc) is 3.02. The minimum absolute atomic E-state index is 0.189. The van der Waals surface area contributed by atoms with Gasteiger partial charge in [-0.1, -0.05) is 6.92 Å². The van der Waals surface area contributed by atoms with E-state index in [4.69, 9.17) is 0 Å². The molecule has 6 heteroatoms. The Kier molecular flexibility index (Phi) is 3.88. The highest BCUT2D eigenvalue weighted by Gasteiger charge is 2.06. The number of nitrogens with one attached hydrogen (secondary N) is 3. The summed E-state index contributed by atoms with van der Waals surface area (Å²) >= 11 is 3.53. The molecule has 3 aromatic rings. The third kappa shape index (κ3) is 2.90. The van der Waals surface area contributed by atoms with E-state index in [1.54, 1.807) is 0 Å². The van der Waals surface area contributed by atoms with Gasteiger partial charge in [0.1, 0.15) is 0 Å². The van der Waals surface area contributed by atoms with Crippen molar-refractivity contribution in [2.75, 3.05) is 5.32 Å². The van der Waals surface area contributed by atoms with Crippen LogP contribution in [0.25, 0.3) is 11.0 Å². The average molecular weight is 349 g/mol. The standard InChI is InChI=1S/C15H17BrN4O/c1-2-5-20-6-3-4-10(20)9-17-12-8-14-13(7-11(12)16)18-15(21)19-14/h3-4,6-8,17H,2,5,9H2,1H3,(H2,18,19,21). The number of H-pyrrole nitrogens is 2. The summed E-state index contributed by atoms with van der Waals surface area (Å²) in [5.74, 6) is 0. The molecule has 3 rings (SSSR count). The minimum Gasteiger partial charge on any atom is -0.378 e. The van der Waals surface area contributed by atoms with Crippen molar-refractivity contribution in [3.8, 4) is 0 Å². The van der Waals surface area contributed by atoms with Crippen molar-refractivity contribution < 1.29 is 0 Å². The van der Waals surface area contributed by atoms with Crippen molar-refractivity contribution in [1.29, 1.82) is 0 Å². The van der Waals surface area contributed by atoms with E-state index in [0.717, 1.165) is 40.7 Å². The second kappa shape index (κ2) is 5.81. The maximum Gasteiger partial charge on any atom is 0.323 e. The molecule has 2 aromatic heterocycles. The molecule has 2 heterocycles. The van der Waals surface area contributed by atoms with Gasteiger partial charge in [-0.15, -0.1) is 0 Å². The van der Waals surface area contributed by atoms with Crippen molar-refractivity contribution in [1.82, 2.24) is 14.5 Å². The molecule has 0 aliphatic heterocycles. The van der Waals surface area contributed by atoms with Crippen molar-refractivity contribution >= 4 is 32.7 Å². The smallest absolute Gasteiger partial charge is 0.323 e. The van der Waals surface area contributed by atoms with E-state index in [0.29, 0.717) is 0 Å². The number of aromatic nitrogens is 3. The fourth-order valence-corrected chi connectivity index (χ4v) is 2.93. The molecule has 0 saturated heterocycles. The molecule has 0 atom stereocenters. The number of aromatic amines is 2. The lowest BCUT2D eigenvalue weighted by molar-refractivity contribution is 0.654. The number of rotatable bonds is 5. The third-order valence-corrected chi connectivity index (χ3v) is 4.11. The summed E-state index contributed by atoms with van der Waals surface area (Å²) in [7, 11) is 0. The molecule has 0 radical (unpaired) electrons. The predicted molar refractivity (Wildman–Crippen MR) is 88.7 cm³/mol. The first-order chi connectivity index (χ1) is 10.2. The molecule has 0 aliphatic rings. The minimum atomic E-state index is -0.189. The molecular weight excluding hydrogens is 332 g/mol. The van der Waals surface area contributed by atoms with Crippen LogP contribution in [0, 0.1) is 0 Å². The van der Waals surface area contributed by atoms with E-state index in [-0.39, 0.29) is 5.69 Å². The van der Waals surface area contributed by atoms with Gasteiger partial charge in [0.2, 0.25) is 0 Å². The van der Waals surface area contributed by atoms with Crippen LogP contribution in [0.15, 0.2) is 39.7 Å². The number of halogens is 1. The summed E-state index contributed by atoms with van der Waals surface area (Å²) < 4.78 is 3.18. The van der Waals surface area contributed by atoms with Crippen molar-refractivity contribution in [2.24, 2.45) is 0 Å². The monoisotopic (exact) mass is 348 g/mol. The Morgan fingerprint density at radius 3 is 2.81 bits per heavy atom. The summed E-state index contributed by atoms with van der Waals surface area (Å²) in [5, 5.41) is 3.41. The lowest BCUT2D eigenvalue weighted by Gasteiger charge is -2.11. The number of nitrogens with zero attached hydrogens (tertiary/aromatic N) is 1. The fourth-order valence-electron chi connectivity index (χ4n) is 2.45. The SMILES string of the molecule is CCCn1cccc1CNc1cc2[nH]c(=O)[nH]c2cc1Br. The van der Waals surface area contributed by atoms with Gasteiger partial charge in [-0.25, -0.2) is 4.79 Å². The Hall–Kier alpha value is -1.95. The van der Waals surface area contributed by atoms with Crippen LogP contribution in [0.2, 0.25) is 0 Å². The van der Waals surface area contributed by atoms with Crippen molar-refractivity contribution in [2.45, 2.75) is 26.4 Å². The van der Waals surface area contributed by atoms with E-state index in [9.17, 15) is 4.79 Å². The quantitative estimate of drug-likeness (QED) is 0.661. The lowest BCUT2D eigenvalue weighted by atomic mass is 10.2. The summed E-state index contributed by atoms with van der Waals surface area (Å²) in [5.41, 5.74) is 3.61. The molecule has 0 unspecified atom stereocenters. The molecule has 110 valence electrons. The maximum absolute atomic E-state index is 11.3. The van der Waals surface area contributed by atoms with Gasteiger partial charge in [-0.05, 0) is 46.6 Å². The Morgan fingerprint density at radius 2 is 2.05 bits per heavy atom. The first-order valence-electron chi connectivity index (χ1n) is 6.97. The van der Waals surface area contributed by atoms with Gasteiger partial charge in [0.25, 0.3) is 0 Å². The number of aryl methyl sites for hydroxylation is 1. The molecule has 0 fully saturated rings. The van der Waals surface area contributed by atoms with Crippen LogP contribution in [-0.4, -0.2) is 14.5 Å². The van der Waals surface area contributed by atoms with Gasteiger partial charge in [0, 0.05) is 22.9 Å². The van der Waals surface area contributed by atoms with E-state index in [1.807, 2.05) is 12.1 Å². The number of imidazole rings is 1. The van der Waals surface area contributed by atoms with Gasteiger partial charge in [-0.2, -0.15) is 0 Å². The Morgan fingerprint density at radius 1 is 1.29 bits per heavy atom. The largest absolute Gasteiger partial charge is 0.378 e. The van der Waals surface area contributed by atoms with Crippen LogP contribution in [0.4, 0.5) is 5.69 Å². The number of hydrogen-bond acceptors (Lipinski definition) is 2. The van der Waals surface area contributed by atoms with Gasteiger partial charge < -0.3 is 19.9 Å². The molecule has 3 N–H and O–H groups in total. The van der Waals surface area contributed by atoms with Crippen LogP contribution in [-0.2, 0) is 13.1 Å². The maximum atomic E-state index is 11.3. The highest BCUT2D eigenvalue weighted by atomic mass is 79.9. The van der Waals surface area contributed by atoms with E-state index in [1.165, 1.54) is 5.69 Å². The second-order valence-corrected chi connectivity index (χ2v) is 5.86. The molecule has 1 aromatic carbocycles. The van der Waals surface area contributed by atoms with Gasteiger partial charge in [-0.3, -0.25) is 0 Å². The van der Waals surface area contributed by atoms with Crippen LogP contribution < -0.4 is 11.0 Å². The molecule has 0 bridgehead atoms. The van der Waals surface area contributed by atoms with E-state index >= 15 is 0 Å². The first kappa shape index (κ1) is 14.0. The van der Waals surface area contributed by atoms with E-state index in [2.05, 4.69) is 61.0 Å². The molecule has 0 spiro atoms. The van der Waals surface area contributed by atoms with Crippen molar-refractivity contribution in [3.05, 3.63) is 51.1 Å². The Labute approximate surface area is 130 Å². The zero-order chi connectivity index (χ0) is 14.8. The topological polar surface area (TPSA) is 65.6 Å². The molecular formula is C15H17BrN4O. The Bertz CT molecular complexity index is 815. The van der Waals surface area contributed by atoms with Gasteiger partial charge >= 0.3 is 5.69 Å². The Balaban J connectivity index is 1.82. The highest BCUT2D eigenvalue weighted by Crippen LogP contribution is 2.26. The summed E-state index contributed by atoms with van der Waals surface area (Å²) in [4.78, 5) is 16.8. The summed E-state index contributed by atoms with van der Waals surface area (Å²) in [6.45, 7) is 3.94. The normalized spacial score (nSPS) is 11.1. The lowest BCUT2D eigenvalue weighted by Crippen LogP contribution is -2.07. The van der Waals surface area contributed by atoms with Crippen LogP contribution in [0.3, 0.4) is 0 Å². The molecule has 5 nitrogen and oxygen atoms in total. The molecule has 21 heavy (non-hydrogen) atoms. The number of hydrogen-bond donors (Lipinski definition) is 3. The number of fused-ring (bicyclic) bond motifs is 1. The zero-order valence-corrected chi connectivity index (χ0v) is 13.3. The second-order valence-electron chi connectivity index (χ2n) is 5.00. The summed E-state index contributed by atoms with van der Waals surface area (Å²) in [6, 6.07) is 8.02. The molecule has 0 amide bonds. The third-order valence-electron chi connectivity index (χ3n) is 3.45. The first-order valence-corrected chi connectivity index (χ1v) is 7.76. The van der Waals surface area contributed by atoms with Crippen LogP contribution in [0.5, 0.6) is 0 Å².